The predicted octanol–water partition coefficient (Wildman–Crippen LogP) is 15.0. The molecule has 10 aromatic rings. The van der Waals surface area contributed by atoms with Crippen LogP contribution in [0.15, 0.2) is 206 Å². The number of nitrogens with zero attached hydrogens (tertiary/aromatic N) is 2. The second-order valence-corrected chi connectivity index (χ2v) is 15.7. The van der Waals surface area contributed by atoms with Gasteiger partial charge in [0.25, 0.3) is 0 Å². The summed E-state index contributed by atoms with van der Waals surface area (Å²) >= 11 is 0. The summed E-state index contributed by atoms with van der Waals surface area (Å²) in [5.41, 5.74) is 17.1. The van der Waals surface area contributed by atoms with Crippen LogP contribution in [0.2, 0.25) is 0 Å². The van der Waals surface area contributed by atoms with Crippen molar-refractivity contribution in [3.05, 3.63) is 217 Å². The molecule has 9 aromatic carbocycles. The lowest BCUT2D eigenvalue weighted by molar-refractivity contribution is 0.660. The molecule has 1 heterocycles. The van der Waals surface area contributed by atoms with Crippen LogP contribution in [0.3, 0.4) is 0 Å². The average Bonchev–Trinajstić information content (AvgIpc) is 3.73. The van der Waals surface area contributed by atoms with Crippen molar-refractivity contribution in [2.24, 2.45) is 0 Å². The van der Waals surface area contributed by atoms with Crippen molar-refractivity contribution in [1.82, 2.24) is 4.57 Å². The van der Waals surface area contributed by atoms with E-state index in [1.807, 2.05) is 0 Å². The normalized spacial score (nSPS) is 12.9. The minimum Gasteiger partial charge on any atom is -0.309 e. The van der Waals surface area contributed by atoms with Crippen LogP contribution in [-0.4, -0.2) is 4.57 Å². The van der Waals surface area contributed by atoms with Crippen molar-refractivity contribution >= 4 is 49.6 Å². The lowest BCUT2D eigenvalue weighted by atomic mass is 9.82. The number of aromatic nitrogens is 1. The highest BCUT2D eigenvalue weighted by atomic mass is 15.1. The highest BCUT2D eigenvalue weighted by Gasteiger charge is 2.37. The zero-order valence-electron chi connectivity index (χ0n) is 32.0. The summed E-state index contributed by atoms with van der Waals surface area (Å²) in [7, 11) is 0. The van der Waals surface area contributed by atoms with Gasteiger partial charge in [-0.3, -0.25) is 0 Å². The second-order valence-electron chi connectivity index (χ2n) is 15.7. The van der Waals surface area contributed by atoms with Gasteiger partial charge in [-0.15, -0.1) is 0 Å². The molecule has 2 heteroatoms. The summed E-state index contributed by atoms with van der Waals surface area (Å²) in [5, 5.41) is 4.95. The fourth-order valence-corrected chi connectivity index (χ4v) is 9.57. The van der Waals surface area contributed by atoms with E-state index in [4.69, 9.17) is 0 Å². The maximum Gasteiger partial charge on any atom is 0.0541 e. The van der Waals surface area contributed by atoms with Gasteiger partial charge >= 0.3 is 0 Å². The monoisotopic (exact) mass is 728 g/mol. The van der Waals surface area contributed by atoms with Gasteiger partial charge in [0, 0.05) is 38.4 Å². The van der Waals surface area contributed by atoms with Crippen LogP contribution in [0.25, 0.3) is 71.6 Å². The number of hydrogen-bond donors (Lipinski definition) is 0. The van der Waals surface area contributed by atoms with E-state index in [1.165, 1.54) is 82.8 Å². The zero-order chi connectivity index (χ0) is 38.1. The molecule has 11 rings (SSSR count). The van der Waals surface area contributed by atoms with Crippen LogP contribution in [0, 0.1) is 0 Å². The summed E-state index contributed by atoms with van der Waals surface area (Å²) < 4.78 is 2.42. The Kier molecular flexibility index (Phi) is 7.55. The average molecular weight is 729 g/mol. The number of para-hydroxylation sites is 4. The molecular weight excluding hydrogens is 689 g/mol. The smallest absolute Gasteiger partial charge is 0.0541 e. The van der Waals surface area contributed by atoms with Gasteiger partial charge in [-0.25, -0.2) is 0 Å². The highest BCUT2D eigenvalue weighted by molar-refractivity contribution is 6.10. The Labute approximate surface area is 333 Å². The van der Waals surface area contributed by atoms with E-state index < -0.39 is 0 Å². The molecule has 1 aliphatic rings. The van der Waals surface area contributed by atoms with E-state index in [0.29, 0.717) is 0 Å². The standard InChI is InChI=1S/C55H40N2/c1-55(2)47-26-10-5-24-46(47)54-45(25-16-27-48(54)55)44-23-9-12-29-51(44)56(49-32-15-18-37-17-3-4-19-40(37)49)39-35-33-38(34-36-39)41-20-6-11-28-50(41)57-52-30-13-7-21-42(52)43-22-8-14-31-53(43)57/h3-36H,1-2H3. The SMILES string of the molecule is CC1(C)c2ccccc2-c2c(-c3ccccc3N(c3ccc(-c4ccccc4-n4c5ccccc5c5ccccc54)cc3)c3cccc4ccccc34)cccc21. The molecule has 0 spiro atoms. The molecule has 0 amide bonds. The molecule has 2 nitrogen and oxygen atoms in total. The number of anilines is 3. The topological polar surface area (TPSA) is 8.17 Å². The van der Waals surface area contributed by atoms with Crippen LogP contribution in [0.1, 0.15) is 25.0 Å². The summed E-state index contributed by atoms with van der Waals surface area (Å²) in [6.07, 6.45) is 0. The van der Waals surface area contributed by atoms with Crippen LogP contribution < -0.4 is 4.90 Å². The van der Waals surface area contributed by atoms with Crippen LogP contribution >= 0.6 is 0 Å². The first-order chi connectivity index (χ1) is 28.1. The Balaban J connectivity index is 1.10. The molecule has 0 aliphatic heterocycles. The van der Waals surface area contributed by atoms with Gasteiger partial charge in [-0.2, -0.15) is 0 Å². The Hall–Kier alpha value is -7.16. The summed E-state index contributed by atoms with van der Waals surface area (Å²) in [6.45, 7) is 4.72. The number of fused-ring (bicyclic) bond motifs is 7. The first kappa shape index (κ1) is 33.2. The molecular formula is C55H40N2. The Morgan fingerprint density at radius 2 is 0.912 bits per heavy atom. The van der Waals surface area contributed by atoms with E-state index in [1.54, 1.807) is 0 Å². The molecule has 0 N–H and O–H groups in total. The van der Waals surface area contributed by atoms with Gasteiger partial charge in [0.15, 0.2) is 0 Å². The second kappa shape index (κ2) is 13.0. The molecule has 270 valence electrons. The predicted molar refractivity (Wildman–Crippen MR) is 241 cm³/mol. The van der Waals surface area contributed by atoms with Crippen molar-refractivity contribution in [2.75, 3.05) is 4.90 Å². The fraction of sp³-hybridized carbons (Fsp3) is 0.0545. The third-order valence-corrected chi connectivity index (χ3v) is 12.2. The Bertz CT molecular complexity index is 3100. The Morgan fingerprint density at radius 3 is 1.68 bits per heavy atom. The van der Waals surface area contributed by atoms with Crippen molar-refractivity contribution in [2.45, 2.75) is 19.3 Å². The number of benzene rings is 9. The van der Waals surface area contributed by atoms with Crippen LogP contribution in [0.5, 0.6) is 0 Å². The van der Waals surface area contributed by atoms with Gasteiger partial charge in [0.05, 0.1) is 28.1 Å². The van der Waals surface area contributed by atoms with E-state index in [2.05, 4.69) is 230 Å². The molecule has 57 heavy (non-hydrogen) atoms. The van der Waals surface area contributed by atoms with Gasteiger partial charge < -0.3 is 9.47 Å². The zero-order valence-corrected chi connectivity index (χ0v) is 32.0. The maximum atomic E-state index is 2.46. The number of rotatable bonds is 6. The molecule has 0 saturated carbocycles. The third kappa shape index (κ3) is 5.11. The molecule has 1 aliphatic carbocycles. The molecule has 0 bridgehead atoms. The minimum absolute atomic E-state index is 0.0858. The van der Waals surface area contributed by atoms with E-state index in [0.717, 1.165) is 17.1 Å². The summed E-state index contributed by atoms with van der Waals surface area (Å²) in [5.74, 6) is 0. The lowest BCUT2D eigenvalue weighted by Crippen LogP contribution is -2.15. The molecule has 0 radical (unpaired) electrons. The summed E-state index contributed by atoms with van der Waals surface area (Å²) in [4.78, 5) is 2.46. The first-order valence-electron chi connectivity index (χ1n) is 19.9. The van der Waals surface area contributed by atoms with Crippen LogP contribution in [-0.2, 0) is 5.41 Å². The molecule has 0 fully saturated rings. The van der Waals surface area contributed by atoms with E-state index >= 15 is 0 Å². The third-order valence-electron chi connectivity index (χ3n) is 12.2. The molecule has 0 saturated heterocycles. The summed E-state index contributed by atoms with van der Waals surface area (Å²) in [6, 6.07) is 75.6. The molecule has 0 atom stereocenters. The molecule has 1 aromatic heterocycles. The van der Waals surface area contributed by atoms with Crippen LogP contribution in [0.4, 0.5) is 17.1 Å². The van der Waals surface area contributed by atoms with Crippen molar-refractivity contribution < 1.29 is 0 Å². The Morgan fingerprint density at radius 1 is 0.386 bits per heavy atom. The van der Waals surface area contributed by atoms with Crippen molar-refractivity contribution in [1.29, 1.82) is 0 Å². The largest absolute Gasteiger partial charge is 0.309 e. The van der Waals surface area contributed by atoms with Gasteiger partial charge in [-0.05, 0) is 81.2 Å². The number of hydrogen-bond acceptors (Lipinski definition) is 1. The van der Waals surface area contributed by atoms with Gasteiger partial charge in [0.1, 0.15) is 0 Å². The van der Waals surface area contributed by atoms with E-state index in [9.17, 15) is 0 Å². The minimum atomic E-state index is -0.0858. The van der Waals surface area contributed by atoms with Gasteiger partial charge in [-0.1, -0.05) is 178 Å². The fourth-order valence-electron chi connectivity index (χ4n) is 9.57. The first-order valence-corrected chi connectivity index (χ1v) is 19.9. The van der Waals surface area contributed by atoms with Gasteiger partial charge in [0.2, 0.25) is 0 Å². The quantitative estimate of drug-likeness (QED) is 0.165. The maximum absolute atomic E-state index is 2.46. The lowest BCUT2D eigenvalue weighted by Gasteiger charge is -2.30. The van der Waals surface area contributed by atoms with E-state index in [-0.39, 0.29) is 5.41 Å². The van der Waals surface area contributed by atoms with Crippen molar-refractivity contribution in [3.63, 3.8) is 0 Å². The molecule has 0 unspecified atom stereocenters. The highest BCUT2D eigenvalue weighted by Crippen LogP contribution is 2.54. The van der Waals surface area contributed by atoms with Crippen molar-refractivity contribution in [3.8, 4) is 39.1 Å².